The fourth-order valence-electron chi connectivity index (χ4n) is 5.90. The van der Waals surface area contributed by atoms with Crippen LogP contribution in [0.25, 0.3) is 55.6 Å². The van der Waals surface area contributed by atoms with Gasteiger partial charge in [0, 0.05) is 58.3 Å². The van der Waals surface area contributed by atoms with Gasteiger partial charge in [-0.1, -0.05) is 19.3 Å². The predicted octanol–water partition coefficient (Wildman–Crippen LogP) is 6.77. The molecule has 1 N–H and O–H groups in total. The summed E-state index contributed by atoms with van der Waals surface area (Å²) in [5, 5.41) is 12.0. The number of nitrogens with zero attached hydrogens (tertiary/aromatic N) is 6. The van der Waals surface area contributed by atoms with Crippen LogP contribution in [0.2, 0.25) is 0 Å². The quantitative estimate of drug-likeness (QED) is 0.277. The first kappa shape index (κ1) is 23.4. The lowest BCUT2D eigenvalue weighted by Crippen LogP contribution is -2.14. The zero-order valence-electron chi connectivity index (χ0n) is 21.5. The molecule has 0 radical (unpaired) electrons. The van der Waals surface area contributed by atoms with Crippen molar-refractivity contribution in [2.45, 2.75) is 45.1 Å². The van der Waals surface area contributed by atoms with Gasteiger partial charge in [0.15, 0.2) is 11.3 Å². The van der Waals surface area contributed by atoms with Crippen LogP contribution in [0.1, 0.15) is 54.1 Å². The summed E-state index contributed by atoms with van der Waals surface area (Å²) in [4.78, 5) is 35.6. The SMILES string of the molecule is Cc1cnc2ncc(-c3nc4c(-c5cnc6ncccc6c5)c(C(=O)O)ccc4n3C3CCCCC3)cc2c1. The lowest BCUT2D eigenvalue weighted by atomic mass is 9.94. The molecule has 8 heteroatoms. The van der Waals surface area contributed by atoms with E-state index >= 15 is 0 Å². The number of imidazole rings is 1. The van der Waals surface area contributed by atoms with Crippen molar-refractivity contribution < 1.29 is 9.90 Å². The maximum Gasteiger partial charge on any atom is 0.336 e. The number of aromatic nitrogens is 6. The number of fused-ring (bicyclic) bond motifs is 3. The summed E-state index contributed by atoms with van der Waals surface area (Å²) < 4.78 is 2.31. The Labute approximate surface area is 224 Å². The number of pyridine rings is 4. The van der Waals surface area contributed by atoms with Gasteiger partial charge in [-0.3, -0.25) is 0 Å². The van der Waals surface area contributed by atoms with Crippen LogP contribution < -0.4 is 0 Å². The Morgan fingerprint density at radius 3 is 2.44 bits per heavy atom. The van der Waals surface area contributed by atoms with Gasteiger partial charge in [-0.2, -0.15) is 0 Å². The van der Waals surface area contributed by atoms with E-state index in [2.05, 4.69) is 36.6 Å². The van der Waals surface area contributed by atoms with E-state index < -0.39 is 5.97 Å². The summed E-state index contributed by atoms with van der Waals surface area (Å²) in [6, 6.07) is 13.8. The number of rotatable bonds is 4. The van der Waals surface area contributed by atoms with Gasteiger partial charge in [0.1, 0.15) is 5.82 Å². The van der Waals surface area contributed by atoms with E-state index in [1.165, 1.54) is 6.42 Å². The number of carbonyl (C=O) groups is 1. The van der Waals surface area contributed by atoms with Gasteiger partial charge in [-0.15, -0.1) is 0 Å². The normalized spacial score (nSPS) is 14.4. The second-order valence-corrected chi connectivity index (χ2v) is 10.3. The highest BCUT2D eigenvalue weighted by molar-refractivity contribution is 6.07. The van der Waals surface area contributed by atoms with Crippen molar-refractivity contribution in [1.82, 2.24) is 29.5 Å². The number of hydrogen-bond acceptors (Lipinski definition) is 6. The molecule has 1 fully saturated rings. The zero-order valence-corrected chi connectivity index (χ0v) is 21.5. The van der Waals surface area contributed by atoms with E-state index in [1.807, 2.05) is 43.6 Å². The number of benzene rings is 1. The summed E-state index contributed by atoms with van der Waals surface area (Å²) in [6.07, 6.45) is 12.7. The largest absolute Gasteiger partial charge is 0.478 e. The molecule has 7 rings (SSSR count). The first-order valence-corrected chi connectivity index (χ1v) is 13.3. The minimum atomic E-state index is -0.999. The van der Waals surface area contributed by atoms with Crippen molar-refractivity contribution in [3.05, 3.63) is 78.4 Å². The average Bonchev–Trinajstić information content (AvgIpc) is 3.36. The van der Waals surface area contributed by atoms with Gasteiger partial charge < -0.3 is 9.67 Å². The molecule has 192 valence electrons. The molecular weight excluding hydrogens is 488 g/mol. The van der Waals surface area contributed by atoms with Crippen LogP contribution in [-0.4, -0.2) is 40.6 Å². The van der Waals surface area contributed by atoms with Gasteiger partial charge in [-0.25, -0.2) is 29.7 Å². The summed E-state index contributed by atoms with van der Waals surface area (Å²) in [5.41, 5.74) is 6.31. The highest BCUT2D eigenvalue weighted by Crippen LogP contribution is 2.40. The van der Waals surface area contributed by atoms with Crippen LogP contribution >= 0.6 is 0 Å². The van der Waals surface area contributed by atoms with Gasteiger partial charge in [-0.05, 0) is 67.8 Å². The molecule has 0 bridgehead atoms. The topological polar surface area (TPSA) is 107 Å². The lowest BCUT2D eigenvalue weighted by molar-refractivity contribution is 0.0698. The summed E-state index contributed by atoms with van der Waals surface area (Å²) in [7, 11) is 0. The van der Waals surface area contributed by atoms with E-state index in [0.29, 0.717) is 27.9 Å². The first-order valence-electron chi connectivity index (χ1n) is 13.3. The monoisotopic (exact) mass is 514 g/mol. The maximum atomic E-state index is 12.5. The molecule has 6 aromatic rings. The molecule has 5 heterocycles. The fourth-order valence-corrected chi connectivity index (χ4v) is 5.90. The van der Waals surface area contributed by atoms with E-state index in [-0.39, 0.29) is 11.6 Å². The van der Waals surface area contributed by atoms with Crippen molar-refractivity contribution in [2.75, 3.05) is 0 Å². The molecule has 0 aliphatic heterocycles. The molecule has 1 aliphatic rings. The van der Waals surface area contributed by atoms with Crippen molar-refractivity contribution in [2.24, 2.45) is 0 Å². The molecular formula is C31H26N6O2. The maximum absolute atomic E-state index is 12.5. The van der Waals surface area contributed by atoms with Gasteiger partial charge >= 0.3 is 5.97 Å². The van der Waals surface area contributed by atoms with Crippen molar-refractivity contribution >= 4 is 39.1 Å². The molecule has 39 heavy (non-hydrogen) atoms. The molecule has 0 saturated heterocycles. The Balaban J connectivity index is 1.53. The molecule has 5 aromatic heterocycles. The number of carboxylic acids is 1. The molecule has 0 amide bonds. The van der Waals surface area contributed by atoms with Crippen molar-refractivity contribution in [3.63, 3.8) is 0 Å². The second kappa shape index (κ2) is 9.23. The first-order chi connectivity index (χ1) is 19.1. The van der Waals surface area contributed by atoms with Crippen LogP contribution in [0.5, 0.6) is 0 Å². The average molecular weight is 515 g/mol. The number of aromatic carboxylic acids is 1. The van der Waals surface area contributed by atoms with Crippen LogP contribution in [-0.2, 0) is 0 Å². The molecule has 0 unspecified atom stereocenters. The van der Waals surface area contributed by atoms with Crippen molar-refractivity contribution in [3.8, 4) is 22.5 Å². The van der Waals surface area contributed by atoms with Gasteiger partial charge in [0.25, 0.3) is 0 Å². The zero-order chi connectivity index (χ0) is 26.5. The Kier molecular flexibility index (Phi) is 5.54. The molecule has 1 aromatic carbocycles. The molecule has 1 saturated carbocycles. The number of hydrogen-bond donors (Lipinski definition) is 1. The van der Waals surface area contributed by atoms with Crippen LogP contribution in [0.4, 0.5) is 0 Å². The van der Waals surface area contributed by atoms with Gasteiger partial charge in [0.2, 0.25) is 0 Å². The Morgan fingerprint density at radius 2 is 1.62 bits per heavy atom. The molecule has 0 spiro atoms. The standard InChI is InChI=1S/C31H26N6O2/c1-18-12-20-14-22(17-35-29(20)33-15-18)30-36-27-25(37(30)23-7-3-2-4-8-23)10-9-24(31(38)39)26(27)21-13-19-6-5-11-32-28(19)34-16-21/h5-6,9-17,23H,2-4,7-8H2,1H3,(H,38,39). The van der Waals surface area contributed by atoms with Crippen LogP contribution in [0.3, 0.4) is 0 Å². The van der Waals surface area contributed by atoms with Crippen LogP contribution in [0.15, 0.2) is 67.3 Å². The predicted molar refractivity (Wildman–Crippen MR) is 151 cm³/mol. The molecule has 1 aliphatic carbocycles. The highest BCUT2D eigenvalue weighted by Gasteiger charge is 2.26. The van der Waals surface area contributed by atoms with E-state index in [0.717, 1.165) is 58.9 Å². The van der Waals surface area contributed by atoms with E-state index in [1.54, 1.807) is 18.5 Å². The smallest absolute Gasteiger partial charge is 0.336 e. The third kappa shape index (κ3) is 4.00. The lowest BCUT2D eigenvalue weighted by Gasteiger charge is -2.25. The summed E-state index contributed by atoms with van der Waals surface area (Å²) >= 11 is 0. The molecule has 0 atom stereocenters. The minimum Gasteiger partial charge on any atom is -0.478 e. The highest BCUT2D eigenvalue weighted by atomic mass is 16.4. The Bertz CT molecular complexity index is 1910. The number of aryl methyl sites for hydroxylation is 1. The fraction of sp³-hybridized carbons (Fsp3) is 0.226. The number of carboxylic acid groups (broad SMARTS) is 1. The van der Waals surface area contributed by atoms with E-state index in [4.69, 9.17) is 4.98 Å². The second-order valence-electron chi connectivity index (χ2n) is 10.3. The Morgan fingerprint density at radius 1 is 0.872 bits per heavy atom. The van der Waals surface area contributed by atoms with Crippen molar-refractivity contribution in [1.29, 1.82) is 0 Å². The minimum absolute atomic E-state index is 0.198. The van der Waals surface area contributed by atoms with E-state index in [9.17, 15) is 9.90 Å². The Hall–Kier alpha value is -4.72. The third-order valence-corrected chi connectivity index (χ3v) is 7.70. The van der Waals surface area contributed by atoms with Gasteiger partial charge in [0.05, 0.1) is 16.6 Å². The summed E-state index contributed by atoms with van der Waals surface area (Å²) in [5.74, 6) is -0.201. The molecule has 8 nitrogen and oxygen atoms in total. The van der Waals surface area contributed by atoms with Crippen LogP contribution in [0, 0.1) is 6.92 Å². The third-order valence-electron chi connectivity index (χ3n) is 7.70. The summed E-state index contributed by atoms with van der Waals surface area (Å²) in [6.45, 7) is 2.02.